The smallest absolute Gasteiger partial charge is 0.263 e. The third-order valence-electron chi connectivity index (χ3n) is 11.1. The number of benzene rings is 2. The van der Waals surface area contributed by atoms with Gasteiger partial charge in [-0.3, -0.25) is 9.52 Å². The molecule has 2 aliphatic carbocycles. The lowest BCUT2D eigenvalue weighted by Crippen LogP contribution is -2.49. The Bertz CT molecular complexity index is 1480. The first kappa shape index (κ1) is 32.0. The van der Waals surface area contributed by atoms with Crippen molar-refractivity contribution in [2.24, 2.45) is 23.7 Å². The molecule has 1 saturated heterocycles. The van der Waals surface area contributed by atoms with Crippen LogP contribution in [0.25, 0.3) is 0 Å². The summed E-state index contributed by atoms with van der Waals surface area (Å²) in [6, 6.07) is 12.2. The van der Waals surface area contributed by atoms with Crippen LogP contribution in [-0.2, 0) is 22.8 Å². The van der Waals surface area contributed by atoms with Gasteiger partial charge in [0.15, 0.2) is 0 Å². The lowest BCUT2D eigenvalue weighted by Gasteiger charge is -2.48. The van der Waals surface area contributed by atoms with Crippen molar-refractivity contribution in [3.63, 3.8) is 0 Å². The average Bonchev–Trinajstić information content (AvgIpc) is 3.18. The first-order chi connectivity index (χ1) is 21.8. The zero-order valence-electron chi connectivity index (χ0n) is 26.3. The number of hydrogen-bond donors (Lipinski definition) is 1. The maximum absolute atomic E-state index is 13.5. The first-order valence-electron chi connectivity index (χ1n) is 16.7. The minimum absolute atomic E-state index is 0.152. The fourth-order valence-electron chi connectivity index (χ4n) is 8.13. The molecule has 3 heterocycles. The number of aryl methyl sites for hydroxylation is 1. The summed E-state index contributed by atoms with van der Waals surface area (Å²) in [5, 5.41) is 0.639. The van der Waals surface area contributed by atoms with Crippen LogP contribution in [0.4, 0.5) is 5.69 Å². The van der Waals surface area contributed by atoms with Crippen LogP contribution in [-0.4, -0.2) is 51.2 Å². The van der Waals surface area contributed by atoms with Crippen molar-refractivity contribution in [3.05, 3.63) is 70.3 Å². The number of nitrogens with zero attached hydrogens (tertiary/aromatic N) is 1. The van der Waals surface area contributed by atoms with Crippen molar-refractivity contribution in [3.8, 4) is 5.75 Å². The zero-order valence-corrected chi connectivity index (χ0v) is 29.5. The van der Waals surface area contributed by atoms with E-state index in [-0.39, 0.29) is 22.5 Å². The Balaban J connectivity index is 1.29. The standard InChI is InChI=1S/C36H45ClN2O3S3/c1-23-6-3-8-30(35-43-16-5-17-44-35)29-12-9-27(29)20-39-21-36(15-4-7-25-18-28(37)11-13-31(25)36)22-42-33-14-10-26(19-32(33)39)34(40)38-45(41)24(23)2/h3,8,10-11,13-14,18-19,23-24,27,29-30,35H,4-7,9,12,15-17,20-22H2,1-2H3,(H,38,40)/b8-3+/t23?,24?,27?,29?,30?,36-,45?/m0/s1. The number of anilines is 1. The predicted octanol–water partition coefficient (Wildman–Crippen LogP) is 8.03. The molecule has 2 bridgehead atoms. The van der Waals surface area contributed by atoms with E-state index >= 15 is 0 Å². The molecular formula is C36H45ClN2O3S3. The summed E-state index contributed by atoms with van der Waals surface area (Å²) < 4.78 is 23.5. The molecule has 45 heavy (non-hydrogen) atoms. The maximum atomic E-state index is 13.5. The lowest BCUT2D eigenvalue weighted by atomic mass is 9.66. The van der Waals surface area contributed by atoms with E-state index in [1.54, 1.807) is 0 Å². The molecule has 5 aliphatic rings. The fourth-order valence-corrected chi connectivity index (χ4v) is 12.6. The number of carbonyl (C=O) groups is 1. The number of hydrogen-bond acceptors (Lipinski definition) is 6. The van der Waals surface area contributed by atoms with Gasteiger partial charge in [0.25, 0.3) is 5.91 Å². The molecule has 6 unspecified atom stereocenters. The number of allylic oxidation sites excluding steroid dienone is 2. The Kier molecular flexibility index (Phi) is 9.58. The lowest BCUT2D eigenvalue weighted by molar-refractivity contribution is 0.0982. The summed E-state index contributed by atoms with van der Waals surface area (Å²) in [6.07, 6.45) is 12.7. The third-order valence-corrected chi connectivity index (χ3v) is 16.0. The van der Waals surface area contributed by atoms with Crippen molar-refractivity contribution in [1.82, 2.24) is 4.72 Å². The van der Waals surface area contributed by atoms with E-state index in [0.29, 0.717) is 34.5 Å². The molecule has 9 heteroatoms. The van der Waals surface area contributed by atoms with E-state index in [1.165, 1.54) is 41.9 Å². The van der Waals surface area contributed by atoms with Gasteiger partial charge in [-0.15, -0.1) is 23.5 Å². The molecule has 2 aromatic carbocycles. The van der Waals surface area contributed by atoms with Gasteiger partial charge in [-0.2, -0.15) is 0 Å². The Hall–Kier alpha value is -1.61. The molecular weight excluding hydrogens is 640 g/mol. The van der Waals surface area contributed by atoms with Gasteiger partial charge in [0, 0.05) is 35.0 Å². The van der Waals surface area contributed by atoms with Crippen molar-refractivity contribution in [2.75, 3.05) is 36.1 Å². The summed E-state index contributed by atoms with van der Waals surface area (Å²) >= 11 is 10.8. The van der Waals surface area contributed by atoms with Gasteiger partial charge in [0.1, 0.15) is 16.7 Å². The Morgan fingerprint density at radius 1 is 1.09 bits per heavy atom. The van der Waals surface area contributed by atoms with Gasteiger partial charge in [0.05, 0.1) is 22.1 Å². The molecule has 1 saturated carbocycles. The second-order valence-electron chi connectivity index (χ2n) is 13.9. The number of amides is 1. The number of nitrogens with one attached hydrogen (secondary N) is 1. The highest BCUT2D eigenvalue weighted by molar-refractivity contribution is 8.17. The number of ether oxygens (including phenoxy) is 1. The summed E-state index contributed by atoms with van der Waals surface area (Å²) in [6.45, 7) is 6.54. The highest BCUT2D eigenvalue weighted by atomic mass is 35.5. The molecule has 1 N–H and O–H groups in total. The van der Waals surface area contributed by atoms with Crippen LogP contribution in [0.3, 0.4) is 0 Å². The van der Waals surface area contributed by atoms with E-state index in [0.717, 1.165) is 55.2 Å². The number of rotatable bonds is 1. The minimum Gasteiger partial charge on any atom is -0.490 e. The largest absolute Gasteiger partial charge is 0.490 e. The summed E-state index contributed by atoms with van der Waals surface area (Å²) in [4.78, 5) is 16.0. The normalized spacial score (nSPS) is 34.8. The predicted molar refractivity (Wildman–Crippen MR) is 191 cm³/mol. The molecule has 5 nitrogen and oxygen atoms in total. The van der Waals surface area contributed by atoms with E-state index < -0.39 is 11.0 Å². The van der Waals surface area contributed by atoms with E-state index in [4.69, 9.17) is 16.3 Å². The van der Waals surface area contributed by atoms with Crippen molar-refractivity contribution in [1.29, 1.82) is 0 Å². The zero-order chi connectivity index (χ0) is 31.1. The Labute approximate surface area is 284 Å². The maximum Gasteiger partial charge on any atom is 0.263 e. The van der Waals surface area contributed by atoms with Crippen LogP contribution < -0.4 is 14.4 Å². The van der Waals surface area contributed by atoms with Crippen molar-refractivity contribution >= 4 is 57.7 Å². The summed E-state index contributed by atoms with van der Waals surface area (Å²) in [7, 11) is -1.48. The SMILES string of the molecule is CC1C/C=C/C(C2SCCCS2)C2CCC2CN2C[C@@]3(CCCc4cc(Cl)ccc43)COc3ccc(cc32)C(=O)NS(=O)C1C. The fraction of sp³-hybridized carbons (Fsp3) is 0.583. The number of thioether (sulfide) groups is 2. The molecule has 242 valence electrons. The summed E-state index contributed by atoms with van der Waals surface area (Å²) in [5.41, 5.74) is 4.06. The van der Waals surface area contributed by atoms with E-state index in [1.807, 2.05) is 31.2 Å². The molecule has 1 spiro atoms. The quantitative estimate of drug-likeness (QED) is 0.307. The van der Waals surface area contributed by atoms with Gasteiger partial charge >= 0.3 is 0 Å². The Morgan fingerprint density at radius 2 is 1.93 bits per heavy atom. The topological polar surface area (TPSA) is 58.6 Å². The van der Waals surface area contributed by atoms with E-state index in [9.17, 15) is 9.00 Å². The third kappa shape index (κ3) is 6.47. The van der Waals surface area contributed by atoms with Gasteiger partial charge in [-0.1, -0.05) is 36.7 Å². The Morgan fingerprint density at radius 3 is 2.73 bits per heavy atom. The van der Waals surface area contributed by atoms with Gasteiger partial charge < -0.3 is 9.64 Å². The number of carbonyl (C=O) groups excluding carboxylic acids is 1. The average molecular weight is 685 g/mol. The molecule has 2 fully saturated rings. The minimum atomic E-state index is -1.48. The molecule has 7 atom stereocenters. The molecule has 3 aliphatic heterocycles. The van der Waals surface area contributed by atoms with Crippen LogP contribution in [0.5, 0.6) is 5.75 Å². The first-order valence-corrected chi connectivity index (χ1v) is 20.4. The van der Waals surface area contributed by atoms with Crippen LogP contribution in [0.1, 0.15) is 73.9 Å². The molecule has 0 aromatic heterocycles. The summed E-state index contributed by atoms with van der Waals surface area (Å²) in [5.74, 6) is 4.97. The highest BCUT2D eigenvalue weighted by Gasteiger charge is 2.45. The van der Waals surface area contributed by atoms with Gasteiger partial charge in [0.2, 0.25) is 0 Å². The molecule has 0 radical (unpaired) electrons. The second kappa shape index (κ2) is 13.5. The van der Waals surface area contributed by atoms with Crippen LogP contribution in [0.15, 0.2) is 48.6 Å². The number of halogens is 1. The van der Waals surface area contributed by atoms with Crippen LogP contribution in [0, 0.1) is 23.7 Å². The van der Waals surface area contributed by atoms with Crippen LogP contribution >= 0.6 is 35.1 Å². The highest BCUT2D eigenvalue weighted by Crippen LogP contribution is 2.51. The van der Waals surface area contributed by atoms with Gasteiger partial charge in [-0.05, 0) is 123 Å². The van der Waals surface area contributed by atoms with Gasteiger partial charge in [-0.25, -0.2) is 4.21 Å². The molecule has 1 amide bonds. The van der Waals surface area contributed by atoms with Crippen molar-refractivity contribution in [2.45, 2.75) is 74.0 Å². The molecule has 2 aromatic rings. The second-order valence-corrected chi connectivity index (χ2v) is 18.7. The number of fused-ring (bicyclic) bond motifs is 4. The van der Waals surface area contributed by atoms with Crippen LogP contribution in [0.2, 0.25) is 5.02 Å². The monoisotopic (exact) mass is 684 g/mol. The van der Waals surface area contributed by atoms with E-state index in [2.05, 4.69) is 64.4 Å². The molecule has 7 rings (SSSR count). The van der Waals surface area contributed by atoms with Crippen molar-refractivity contribution < 1.29 is 13.7 Å².